The maximum Gasteiger partial charge on any atom is 0.191 e. The van der Waals surface area contributed by atoms with Crippen LogP contribution in [0.5, 0.6) is 0 Å². The Balaban J connectivity index is 0.00000280. The van der Waals surface area contributed by atoms with Crippen LogP contribution in [0, 0.1) is 0 Å². The van der Waals surface area contributed by atoms with Crippen LogP contribution in [0.1, 0.15) is 45.1 Å². The largest absolute Gasteiger partial charge is 0.357 e. The Morgan fingerprint density at radius 3 is 2.89 bits per heavy atom. The number of hydrogen-bond acceptors (Lipinski definition) is 3. The molecule has 2 aromatic rings. The minimum atomic E-state index is 0. The van der Waals surface area contributed by atoms with Gasteiger partial charge in [0.1, 0.15) is 0 Å². The molecule has 1 aliphatic heterocycles. The van der Waals surface area contributed by atoms with Gasteiger partial charge in [-0.25, -0.2) is 4.99 Å². The molecule has 0 amide bonds. The van der Waals surface area contributed by atoms with Crippen LogP contribution in [0.15, 0.2) is 41.5 Å². The number of fused-ring (bicyclic) bond motifs is 1. The van der Waals surface area contributed by atoms with Crippen molar-refractivity contribution in [2.45, 2.75) is 52.1 Å². The van der Waals surface area contributed by atoms with Crippen molar-refractivity contribution in [2.24, 2.45) is 4.99 Å². The van der Waals surface area contributed by atoms with Crippen molar-refractivity contribution >= 4 is 40.8 Å². The molecular formula is C22H34IN5. The molecule has 28 heavy (non-hydrogen) atoms. The number of piperidine rings is 1. The van der Waals surface area contributed by atoms with Crippen LogP contribution in [0.25, 0.3) is 10.9 Å². The van der Waals surface area contributed by atoms with E-state index >= 15 is 0 Å². The SMILES string of the molecule is CCNC(=NCc1ccnc2ccccc12)NCCCN1CCCCC1C.I. The molecule has 6 heteroatoms. The predicted molar refractivity (Wildman–Crippen MR) is 129 cm³/mol. The second kappa shape index (κ2) is 12.2. The Kier molecular flexibility index (Phi) is 9.98. The van der Waals surface area contributed by atoms with Gasteiger partial charge in [-0.3, -0.25) is 4.98 Å². The number of pyridine rings is 1. The first kappa shape index (κ1) is 22.9. The van der Waals surface area contributed by atoms with Gasteiger partial charge in [0.05, 0.1) is 12.1 Å². The second-order valence-corrected chi connectivity index (χ2v) is 7.34. The molecule has 1 saturated heterocycles. The molecule has 5 nitrogen and oxygen atoms in total. The molecule has 0 bridgehead atoms. The highest BCUT2D eigenvalue weighted by Gasteiger charge is 2.17. The molecule has 1 aliphatic rings. The lowest BCUT2D eigenvalue weighted by Crippen LogP contribution is -2.41. The Bertz CT molecular complexity index is 743. The van der Waals surface area contributed by atoms with Crippen LogP contribution in [0.4, 0.5) is 0 Å². The molecule has 1 aromatic carbocycles. The third-order valence-corrected chi connectivity index (χ3v) is 5.35. The van der Waals surface area contributed by atoms with E-state index in [4.69, 9.17) is 4.99 Å². The van der Waals surface area contributed by atoms with Gasteiger partial charge in [-0.1, -0.05) is 24.6 Å². The smallest absolute Gasteiger partial charge is 0.191 e. The highest BCUT2D eigenvalue weighted by atomic mass is 127. The number of nitrogens with one attached hydrogen (secondary N) is 2. The average Bonchev–Trinajstić information content (AvgIpc) is 2.70. The van der Waals surface area contributed by atoms with E-state index in [0.29, 0.717) is 6.54 Å². The van der Waals surface area contributed by atoms with E-state index in [1.54, 1.807) is 0 Å². The molecule has 0 aliphatic carbocycles. The molecule has 1 atom stereocenters. The third kappa shape index (κ3) is 6.58. The molecule has 1 fully saturated rings. The van der Waals surface area contributed by atoms with Gasteiger partial charge in [-0.2, -0.15) is 0 Å². The molecule has 0 radical (unpaired) electrons. The van der Waals surface area contributed by atoms with E-state index in [-0.39, 0.29) is 24.0 Å². The predicted octanol–water partition coefficient (Wildman–Crippen LogP) is 4.17. The second-order valence-electron chi connectivity index (χ2n) is 7.34. The summed E-state index contributed by atoms with van der Waals surface area (Å²) in [6.07, 6.45) is 7.09. The summed E-state index contributed by atoms with van der Waals surface area (Å²) in [6.45, 7) is 9.36. The fourth-order valence-electron chi connectivity index (χ4n) is 3.78. The zero-order chi connectivity index (χ0) is 18.9. The summed E-state index contributed by atoms with van der Waals surface area (Å²) in [7, 11) is 0. The first-order valence-electron chi connectivity index (χ1n) is 10.4. The van der Waals surface area contributed by atoms with Crippen LogP contribution >= 0.6 is 24.0 Å². The first-order chi connectivity index (χ1) is 13.3. The number of aromatic nitrogens is 1. The standard InChI is InChI=1S/C22H33N5.HI/c1-3-23-22(25-13-8-16-27-15-7-6-9-18(27)2)26-17-19-12-14-24-21-11-5-4-10-20(19)21;/h4-5,10-12,14,18H,3,6-9,13,15-17H2,1-2H3,(H2,23,25,26);1H. The summed E-state index contributed by atoms with van der Waals surface area (Å²) in [4.78, 5) is 11.8. The third-order valence-electron chi connectivity index (χ3n) is 5.35. The number of guanidine groups is 1. The van der Waals surface area contributed by atoms with E-state index in [2.05, 4.69) is 52.6 Å². The van der Waals surface area contributed by atoms with Crippen molar-refractivity contribution in [3.05, 3.63) is 42.1 Å². The topological polar surface area (TPSA) is 52.6 Å². The maximum atomic E-state index is 4.79. The molecule has 0 spiro atoms. The summed E-state index contributed by atoms with van der Waals surface area (Å²) in [5.41, 5.74) is 2.23. The van der Waals surface area contributed by atoms with Gasteiger partial charge in [-0.05, 0) is 57.4 Å². The quantitative estimate of drug-likeness (QED) is 0.262. The molecular weight excluding hydrogens is 461 g/mol. The number of hydrogen-bond donors (Lipinski definition) is 2. The van der Waals surface area contributed by atoms with E-state index in [1.807, 2.05) is 18.3 Å². The number of para-hydroxylation sites is 1. The lowest BCUT2D eigenvalue weighted by Gasteiger charge is -2.33. The Hall–Kier alpha value is -1.41. The molecule has 0 saturated carbocycles. The van der Waals surface area contributed by atoms with E-state index in [0.717, 1.165) is 37.0 Å². The minimum absolute atomic E-state index is 0. The van der Waals surface area contributed by atoms with Crippen LogP contribution in [-0.4, -0.2) is 48.1 Å². The maximum absolute atomic E-state index is 4.79. The van der Waals surface area contributed by atoms with Crippen LogP contribution in [-0.2, 0) is 6.54 Å². The van der Waals surface area contributed by atoms with Crippen molar-refractivity contribution in [3.8, 4) is 0 Å². The zero-order valence-corrected chi connectivity index (χ0v) is 19.5. The van der Waals surface area contributed by atoms with Crippen molar-refractivity contribution in [3.63, 3.8) is 0 Å². The molecule has 154 valence electrons. The van der Waals surface area contributed by atoms with Crippen LogP contribution in [0.3, 0.4) is 0 Å². The Morgan fingerprint density at radius 2 is 2.07 bits per heavy atom. The molecule has 1 unspecified atom stereocenters. The summed E-state index contributed by atoms with van der Waals surface area (Å²) in [6, 6.07) is 11.0. The number of aliphatic imine (C=N–C) groups is 1. The number of halogens is 1. The minimum Gasteiger partial charge on any atom is -0.357 e. The van der Waals surface area contributed by atoms with E-state index in [9.17, 15) is 0 Å². The number of likely N-dealkylation sites (tertiary alicyclic amines) is 1. The highest BCUT2D eigenvalue weighted by Crippen LogP contribution is 2.17. The average molecular weight is 495 g/mol. The van der Waals surface area contributed by atoms with Gasteiger partial charge in [0.25, 0.3) is 0 Å². The molecule has 1 aromatic heterocycles. The lowest BCUT2D eigenvalue weighted by atomic mass is 10.0. The zero-order valence-electron chi connectivity index (χ0n) is 17.2. The summed E-state index contributed by atoms with van der Waals surface area (Å²) >= 11 is 0. The van der Waals surface area contributed by atoms with Crippen molar-refractivity contribution in [1.29, 1.82) is 0 Å². The molecule has 2 heterocycles. The van der Waals surface area contributed by atoms with Crippen molar-refractivity contribution in [2.75, 3.05) is 26.2 Å². The van der Waals surface area contributed by atoms with Gasteiger partial charge < -0.3 is 15.5 Å². The van der Waals surface area contributed by atoms with Gasteiger partial charge in [0.15, 0.2) is 5.96 Å². The summed E-state index contributed by atoms with van der Waals surface area (Å²) < 4.78 is 0. The van der Waals surface area contributed by atoms with Gasteiger partial charge >= 0.3 is 0 Å². The molecule has 2 N–H and O–H groups in total. The summed E-state index contributed by atoms with van der Waals surface area (Å²) in [5.74, 6) is 0.894. The van der Waals surface area contributed by atoms with E-state index in [1.165, 1.54) is 43.3 Å². The van der Waals surface area contributed by atoms with Gasteiger partial charge in [0, 0.05) is 37.3 Å². The van der Waals surface area contributed by atoms with Crippen molar-refractivity contribution < 1.29 is 0 Å². The fourth-order valence-corrected chi connectivity index (χ4v) is 3.78. The number of benzene rings is 1. The lowest BCUT2D eigenvalue weighted by molar-refractivity contribution is 0.159. The van der Waals surface area contributed by atoms with Crippen LogP contribution < -0.4 is 10.6 Å². The summed E-state index contributed by atoms with van der Waals surface area (Å²) in [5, 5.41) is 8.03. The monoisotopic (exact) mass is 495 g/mol. The van der Waals surface area contributed by atoms with E-state index < -0.39 is 0 Å². The Morgan fingerprint density at radius 1 is 1.21 bits per heavy atom. The van der Waals surface area contributed by atoms with Gasteiger partial charge in [0.2, 0.25) is 0 Å². The number of nitrogens with zero attached hydrogens (tertiary/aromatic N) is 3. The normalized spacial score (nSPS) is 17.9. The Labute approximate surface area is 186 Å². The highest BCUT2D eigenvalue weighted by molar-refractivity contribution is 14.0. The van der Waals surface area contributed by atoms with Gasteiger partial charge in [-0.15, -0.1) is 24.0 Å². The van der Waals surface area contributed by atoms with Crippen LogP contribution in [0.2, 0.25) is 0 Å². The number of rotatable bonds is 7. The fraction of sp³-hybridized carbons (Fsp3) is 0.545. The van der Waals surface area contributed by atoms with Crippen molar-refractivity contribution in [1.82, 2.24) is 20.5 Å². The molecule has 3 rings (SSSR count). The first-order valence-corrected chi connectivity index (χ1v) is 10.4.